The molecule has 2 N–H and O–H groups in total. The summed E-state index contributed by atoms with van der Waals surface area (Å²) in [6.07, 6.45) is -8.51. The molecule has 0 aliphatic carbocycles. The minimum absolute atomic E-state index is 0.0552. The highest BCUT2D eigenvalue weighted by atomic mass is 35.5. The topological polar surface area (TPSA) is 134 Å². The average molecular weight is 596 g/mol. The largest absolute Gasteiger partial charge is 0.496 e. The van der Waals surface area contributed by atoms with Gasteiger partial charge in [0.05, 0.1) is 25.8 Å². The Kier molecular flexibility index (Phi) is 8.83. The Morgan fingerprint density at radius 2 is 1.83 bits per heavy atom. The monoisotopic (exact) mass is 595 g/mol. The van der Waals surface area contributed by atoms with Crippen LogP contribution in [0.3, 0.4) is 0 Å². The van der Waals surface area contributed by atoms with Crippen LogP contribution in [-0.2, 0) is 30.0 Å². The third-order valence-electron chi connectivity index (χ3n) is 6.19. The van der Waals surface area contributed by atoms with Gasteiger partial charge in [-0.05, 0) is 49.2 Å². The Balaban J connectivity index is 1.76. The van der Waals surface area contributed by atoms with Crippen LogP contribution in [0.1, 0.15) is 60.3 Å². The molecule has 2 amide bonds. The number of amides is 2. The number of esters is 1. The van der Waals surface area contributed by atoms with Crippen molar-refractivity contribution in [2.75, 3.05) is 13.7 Å². The summed E-state index contributed by atoms with van der Waals surface area (Å²) in [5, 5.41) is 7.36. The van der Waals surface area contributed by atoms with E-state index in [1.165, 1.54) is 25.3 Å². The molecule has 1 aromatic heterocycles. The molecule has 0 saturated carbocycles. The van der Waals surface area contributed by atoms with E-state index >= 15 is 0 Å². The third kappa shape index (κ3) is 6.43. The summed E-state index contributed by atoms with van der Waals surface area (Å²) in [4.78, 5) is 36.3. The van der Waals surface area contributed by atoms with E-state index in [4.69, 9.17) is 21.1 Å². The Labute approximate surface area is 236 Å². The van der Waals surface area contributed by atoms with Crippen LogP contribution < -0.4 is 15.6 Å². The fraction of sp³-hybridized carbons (Fsp3) is 0.346. The van der Waals surface area contributed by atoms with E-state index < -0.39 is 54.8 Å². The van der Waals surface area contributed by atoms with Crippen LogP contribution in [0.2, 0.25) is 5.02 Å². The van der Waals surface area contributed by atoms with Crippen molar-refractivity contribution in [3.8, 4) is 11.4 Å². The summed E-state index contributed by atoms with van der Waals surface area (Å²) in [5.41, 5.74) is 5.72. The summed E-state index contributed by atoms with van der Waals surface area (Å²) < 4.78 is 59.5. The first kappa shape index (κ1) is 29.8. The van der Waals surface area contributed by atoms with Gasteiger partial charge in [-0.1, -0.05) is 23.7 Å². The SMILES string of the molecule is CCOC(=O)CC(=O)NNC(=O)C[C@H]1O[C@H](c2cccc(OC)c2C)c2cc(Cl)ccc2-n2c1nnc2C(F)(F)F. The highest BCUT2D eigenvalue weighted by Crippen LogP contribution is 2.45. The number of hydrogen-bond acceptors (Lipinski definition) is 8. The van der Waals surface area contributed by atoms with Gasteiger partial charge in [0.2, 0.25) is 17.6 Å². The molecule has 218 valence electrons. The fourth-order valence-corrected chi connectivity index (χ4v) is 4.61. The molecule has 2 heterocycles. The highest BCUT2D eigenvalue weighted by molar-refractivity contribution is 6.30. The Morgan fingerprint density at radius 1 is 1.10 bits per heavy atom. The average Bonchev–Trinajstić information content (AvgIpc) is 3.31. The number of halogens is 4. The number of methoxy groups -OCH3 is 1. The van der Waals surface area contributed by atoms with Crippen molar-refractivity contribution in [1.82, 2.24) is 25.6 Å². The number of hydrogen-bond donors (Lipinski definition) is 2. The molecule has 15 heteroatoms. The molecular formula is C26H25ClF3N5O6. The number of benzene rings is 2. The van der Waals surface area contributed by atoms with Crippen molar-refractivity contribution in [2.24, 2.45) is 0 Å². The summed E-state index contributed by atoms with van der Waals surface area (Å²) in [7, 11) is 1.48. The predicted molar refractivity (Wildman–Crippen MR) is 137 cm³/mol. The van der Waals surface area contributed by atoms with E-state index in [1.54, 1.807) is 32.0 Å². The van der Waals surface area contributed by atoms with Gasteiger partial charge in [-0.3, -0.25) is 29.8 Å². The lowest BCUT2D eigenvalue weighted by Crippen LogP contribution is -2.43. The second-order valence-corrected chi connectivity index (χ2v) is 9.32. The van der Waals surface area contributed by atoms with E-state index in [0.717, 1.165) is 4.57 Å². The van der Waals surface area contributed by atoms with Crippen LogP contribution >= 0.6 is 11.6 Å². The van der Waals surface area contributed by atoms with Gasteiger partial charge in [-0.15, -0.1) is 10.2 Å². The standard InChI is InChI=1S/C26H25ClF3N5O6/c1-4-40-22(38)12-21(37)32-31-20(36)11-19-24-33-34-25(26(28,29)30)35(24)17-9-8-14(27)10-16(17)23(41-19)15-6-5-7-18(39-3)13(15)2/h5-10,19,23H,4,11-12H2,1-3H3,(H,31,36)(H,32,37)/t19-,23-/m1/s1. The normalized spacial score (nSPS) is 16.2. The molecule has 0 spiro atoms. The summed E-state index contributed by atoms with van der Waals surface area (Å²) in [5.74, 6) is -3.60. The van der Waals surface area contributed by atoms with Gasteiger partial charge >= 0.3 is 12.1 Å². The van der Waals surface area contributed by atoms with Gasteiger partial charge < -0.3 is 14.2 Å². The fourth-order valence-electron chi connectivity index (χ4n) is 4.43. The zero-order valence-electron chi connectivity index (χ0n) is 22.0. The van der Waals surface area contributed by atoms with Crippen LogP contribution in [0, 0.1) is 6.92 Å². The van der Waals surface area contributed by atoms with E-state index in [2.05, 4.69) is 25.8 Å². The van der Waals surface area contributed by atoms with Crippen molar-refractivity contribution in [3.63, 3.8) is 0 Å². The molecule has 0 fully saturated rings. The van der Waals surface area contributed by atoms with Crippen LogP contribution in [0.15, 0.2) is 36.4 Å². The van der Waals surface area contributed by atoms with Crippen molar-refractivity contribution >= 4 is 29.4 Å². The van der Waals surface area contributed by atoms with Crippen LogP contribution in [0.5, 0.6) is 5.75 Å². The molecule has 2 aromatic carbocycles. The third-order valence-corrected chi connectivity index (χ3v) is 6.43. The molecule has 0 radical (unpaired) electrons. The van der Waals surface area contributed by atoms with Crippen LogP contribution in [0.4, 0.5) is 13.2 Å². The molecule has 0 bridgehead atoms. The number of ether oxygens (including phenoxy) is 3. The van der Waals surface area contributed by atoms with Crippen molar-refractivity contribution < 1.29 is 41.8 Å². The number of carbonyl (C=O) groups excluding carboxylic acids is 3. The van der Waals surface area contributed by atoms with Gasteiger partial charge in [0.25, 0.3) is 0 Å². The van der Waals surface area contributed by atoms with Crippen molar-refractivity contribution in [1.29, 1.82) is 0 Å². The molecule has 4 rings (SSSR count). The molecule has 1 aliphatic rings. The lowest BCUT2D eigenvalue weighted by atomic mass is 9.95. The number of carbonyl (C=O) groups is 3. The van der Waals surface area contributed by atoms with Gasteiger partial charge in [-0.25, -0.2) is 0 Å². The highest BCUT2D eigenvalue weighted by Gasteiger charge is 2.43. The molecule has 1 aliphatic heterocycles. The van der Waals surface area contributed by atoms with E-state index in [1.807, 2.05) is 0 Å². The van der Waals surface area contributed by atoms with Gasteiger partial charge in [0.15, 0.2) is 5.82 Å². The zero-order chi connectivity index (χ0) is 29.9. The van der Waals surface area contributed by atoms with Gasteiger partial charge in [-0.2, -0.15) is 13.2 Å². The molecular weight excluding hydrogens is 571 g/mol. The maximum absolute atomic E-state index is 14.1. The lowest BCUT2D eigenvalue weighted by Gasteiger charge is -2.24. The molecule has 0 unspecified atom stereocenters. The number of nitrogens with one attached hydrogen (secondary N) is 2. The molecule has 2 atom stereocenters. The van der Waals surface area contributed by atoms with Crippen molar-refractivity contribution in [3.05, 3.63) is 69.8 Å². The molecule has 0 saturated heterocycles. The molecule has 3 aromatic rings. The maximum Gasteiger partial charge on any atom is 0.452 e. The van der Waals surface area contributed by atoms with E-state index in [0.29, 0.717) is 16.9 Å². The Morgan fingerprint density at radius 3 is 2.51 bits per heavy atom. The number of alkyl halides is 3. The molecule has 41 heavy (non-hydrogen) atoms. The number of rotatable bonds is 7. The maximum atomic E-state index is 14.1. The van der Waals surface area contributed by atoms with Crippen LogP contribution in [0.25, 0.3) is 5.69 Å². The zero-order valence-corrected chi connectivity index (χ0v) is 22.8. The predicted octanol–water partition coefficient (Wildman–Crippen LogP) is 3.91. The number of nitrogens with zero attached hydrogens (tertiary/aromatic N) is 3. The van der Waals surface area contributed by atoms with Gasteiger partial charge in [0.1, 0.15) is 24.4 Å². The minimum Gasteiger partial charge on any atom is -0.496 e. The number of fused-ring (bicyclic) bond motifs is 3. The Bertz CT molecular complexity index is 1480. The van der Waals surface area contributed by atoms with Crippen LogP contribution in [-0.4, -0.2) is 46.3 Å². The van der Waals surface area contributed by atoms with Gasteiger partial charge in [0, 0.05) is 10.6 Å². The van der Waals surface area contributed by atoms with Crippen molar-refractivity contribution in [2.45, 2.75) is 45.1 Å². The second kappa shape index (κ2) is 12.1. The summed E-state index contributed by atoms with van der Waals surface area (Å²) in [6, 6.07) is 9.42. The second-order valence-electron chi connectivity index (χ2n) is 8.88. The van der Waals surface area contributed by atoms with E-state index in [-0.39, 0.29) is 28.7 Å². The number of aromatic nitrogens is 3. The van der Waals surface area contributed by atoms with E-state index in [9.17, 15) is 27.6 Å². The Hall–Kier alpha value is -4.17. The first-order valence-corrected chi connectivity index (χ1v) is 12.7. The minimum atomic E-state index is -4.90. The first-order valence-electron chi connectivity index (χ1n) is 12.3. The lowest BCUT2D eigenvalue weighted by molar-refractivity contribution is -0.147. The summed E-state index contributed by atoms with van der Waals surface area (Å²) >= 11 is 6.28. The smallest absolute Gasteiger partial charge is 0.452 e. The quantitative estimate of drug-likeness (QED) is 0.239. The number of hydrazine groups is 1. The molecule has 11 nitrogen and oxygen atoms in total. The first-order chi connectivity index (χ1) is 19.4. The summed E-state index contributed by atoms with van der Waals surface area (Å²) in [6.45, 7) is 3.40.